The maximum atomic E-state index is 12.6. The molecule has 0 bridgehead atoms. The van der Waals surface area contributed by atoms with Gasteiger partial charge in [0.25, 0.3) is 0 Å². The molecule has 2 fully saturated rings. The van der Waals surface area contributed by atoms with Gasteiger partial charge in [0.05, 0.1) is 17.6 Å². The number of amides is 1. The number of piperazine rings is 1. The Balaban J connectivity index is 1.33. The molecule has 3 heterocycles. The first-order valence-corrected chi connectivity index (χ1v) is 10.6. The van der Waals surface area contributed by atoms with Crippen molar-refractivity contribution in [3.05, 3.63) is 54.2 Å². The third kappa shape index (κ3) is 4.23. The SMILES string of the molecule is CC1(C)OB(c2ccc(N3CCN(C(=O)Cc4ccccc4)CC3)nc2)OC1(C)C. The topological polar surface area (TPSA) is 54.9 Å². The van der Waals surface area contributed by atoms with Gasteiger partial charge in [-0.3, -0.25) is 4.79 Å². The van der Waals surface area contributed by atoms with E-state index in [1.54, 1.807) is 0 Å². The van der Waals surface area contributed by atoms with E-state index in [4.69, 9.17) is 9.31 Å². The molecule has 2 aromatic rings. The number of hydrogen-bond donors (Lipinski definition) is 0. The van der Waals surface area contributed by atoms with Crippen molar-refractivity contribution in [2.24, 2.45) is 0 Å². The zero-order valence-corrected chi connectivity index (χ0v) is 18.3. The normalized spacial score (nSPS) is 20.5. The highest BCUT2D eigenvalue weighted by atomic mass is 16.7. The molecule has 0 spiro atoms. The van der Waals surface area contributed by atoms with Crippen LogP contribution in [0, 0.1) is 0 Å². The maximum Gasteiger partial charge on any atom is 0.496 e. The van der Waals surface area contributed by atoms with Crippen molar-refractivity contribution >= 4 is 24.3 Å². The molecule has 2 aliphatic rings. The molecule has 0 unspecified atom stereocenters. The van der Waals surface area contributed by atoms with Gasteiger partial charge in [0.15, 0.2) is 0 Å². The Bertz CT molecular complexity index is 862. The van der Waals surface area contributed by atoms with Gasteiger partial charge in [0, 0.05) is 37.8 Å². The standard InChI is InChI=1S/C23H30BN3O3/c1-22(2)23(3,4)30-24(29-22)19-10-11-20(25-17-19)26-12-14-27(15-13-26)21(28)16-18-8-6-5-7-9-18/h5-11,17H,12-16H2,1-4H3. The van der Waals surface area contributed by atoms with Crippen LogP contribution < -0.4 is 10.4 Å². The molecular formula is C23H30BN3O3. The van der Waals surface area contributed by atoms with Gasteiger partial charge >= 0.3 is 7.12 Å². The van der Waals surface area contributed by atoms with Crippen molar-refractivity contribution in [2.45, 2.75) is 45.3 Å². The molecule has 0 aliphatic carbocycles. The van der Waals surface area contributed by atoms with Crippen LogP contribution >= 0.6 is 0 Å². The molecule has 0 saturated carbocycles. The molecule has 0 atom stereocenters. The van der Waals surface area contributed by atoms with Gasteiger partial charge in [-0.15, -0.1) is 0 Å². The summed E-state index contributed by atoms with van der Waals surface area (Å²) >= 11 is 0. The minimum Gasteiger partial charge on any atom is -0.399 e. The third-order valence-corrected chi connectivity index (χ3v) is 6.45. The van der Waals surface area contributed by atoms with E-state index in [0.29, 0.717) is 19.5 Å². The average Bonchev–Trinajstić information content (AvgIpc) is 2.96. The highest BCUT2D eigenvalue weighted by molar-refractivity contribution is 6.62. The van der Waals surface area contributed by atoms with Crippen molar-refractivity contribution in [3.63, 3.8) is 0 Å². The Kier molecular flexibility index (Phi) is 5.60. The second kappa shape index (κ2) is 8.04. The lowest BCUT2D eigenvalue weighted by atomic mass is 9.80. The lowest BCUT2D eigenvalue weighted by molar-refractivity contribution is -0.130. The first-order valence-electron chi connectivity index (χ1n) is 10.6. The Hall–Kier alpha value is -2.38. The molecule has 1 aromatic carbocycles. The van der Waals surface area contributed by atoms with E-state index in [-0.39, 0.29) is 17.1 Å². The van der Waals surface area contributed by atoms with E-state index in [1.807, 2.05) is 81.3 Å². The molecule has 30 heavy (non-hydrogen) atoms. The smallest absolute Gasteiger partial charge is 0.399 e. The van der Waals surface area contributed by atoms with Crippen LogP contribution in [-0.4, -0.2) is 60.3 Å². The first-order chi connectivity index (χ1) is 14.2. The number of carbonyl (C=O) groups excluding carboxylic acids is 1. The molecule has 1 amide bonds. The van der Waals surface area contributed by atoms with Crippen molar-refractivity contribution in [3.8, 4) is 0 Å². The number of aromatic nitrogens is 1. The van der Waals surface area contributed by atoms with Crippen molar-refractivity contribution in [2.75, 3.05) is 31.1 Å². The summed E-state index contributed by atoms with van der Waals surface area (Å²) in [6.45, 7) is 11.2. The largest absolute Gasteiger partial charge is 0.496 e. The van der Waals surface area contributed by atoms with E-state index in [1.165, 1.54) is 0 Å². The van der Waals surface area contributed by atoms with Crippen LogP contribution in [0.1, 0.15) is 33.3 Å². The highest BCUT2D eigenvalue weighted by Crippen LogP contribution is 2.36. The summed E-state index contributed by atoms with van der Waals surface area (Å²) in [5.41, 5.74) is 1.26. The molecule has 158 valence electrons. The van der Waals surface area contributed by atoms with Gasteiger partial charge < -0.3 is 19.1 Å². The van der Waals surface area contributed by atoms with Crippen molar-refractivity contribution in [1.82, 2.24) is 9.88 Å². The van der Waals surface area contributed by atoms with Gasteiger partial charge in [-0.2, -0.15) is 0 Å². The summed E-state index contributed by atoms with van der Waals surface area (Å²) in [7, 11) is -0.399. The fraction of sp³-hybridized carbons (Fsp3) is 0.478. The van der Waals surface area contributed by atoms with Gasteiger partial charge in [0.1, 0.15) is 5.82 Å². The summed E-state index contributed by atoms with van der Waals surface area (Å²) < 4.78 is 12.2. The van der Waals surface area contributed by atoms with E-state index in [9.17, 15) is 4.79 Å². The summed E-state index contributed by atoms with van der Waals surface area (Å²) in [6, 6.07) is 14.0. The molecule has 0 N–H and O–H groups in total. The molecule has 2 saturated heterocycles. The van der Waals surface area contributed by atoms with Crippen LogP contribution in [-0.2, 0) is 20.5 Å². The zero-order valence-electron chi connectivity index (χ0n) is 18.3. The monoisotopic (exact) mass is 407 g/mol. The number of hydrogen-bond acceptors (Lipinski definition) is 5. The molecule has 0 radical (unpaired) electrons. The molecule has 4 rings (SSSR count). The van der Waals surface area contributed by atoms with Crippen LogP contribution in [0.5, 0.6) is 0 Å². The molecule has 6 nitrogen and oxygen atoms in total. The van der Waals surface area contributed by atoms with Crippen LogP contribution in [0.3, 0.4) is 0 Å². The number of rotatable bonds is 4. The Morgan fingerprint density at radius 1 is 0.967 bits per heavy atom. The lowest BCUT2D eigenvalue weighted by Gasteiger charge is -2.35. The van der Waals surface area contributed by atoms with Crippen LogP contribution in [0.25, 0.3) is 0 Å². The summed E-state index contributed by atoms with van der Waals surface area (Å²) in [5, 5.41) is 0. The fourth-order valence-corrected chi connectivity index (χ4v) is 3.77. The van der Waals surface area contributed by atoms with E-state index >= 15 is 0 Å². The number of carbonyl (C=O) groups is 1. The second-order valence-electron chi connectivity index (χ2n) is 9.07. The predicted octanol–water partition coefficient (Wildman–Crippen LogP) is 2.27. The minimum absolute atomic E-state index is 0.185. The lowest BCUT2D eigenvalue weighted by Crippen LogP contribution is -2.49. The molecule has 2 aliphatic heterocycles. The number of pyridine rings is 1. The minimum atomic E-state index is -0.399. The first kappa shape index (κ1) is 20.9. The second-order valence-corrected chi connectivity index (χ2v) is 9.07. The number of nitrogens with zero attached hydrogens (tertiary/aromatic N) is 3. The van der Waals surface area contributed by atoms with E-state index < -0.39 is 7.12 Å². The zero-order chi connectivity index (χ0) is 21.4. The van der Waals surface area contributed by atoms with E-state index in [2.05, 4.69) is 9.88 Å². The Morgan fingerprint density at radius 3 is 2.17 bits per heavy atom. The number of benzene rings is 1. The highest BCUT2D eigenvalue weighted by Gasteiger charge is 2.51. The van der Waals surface area contributed by atoms with Crippen molar-refractivity contribution in [1.29, 1.82) is 0 Å². The molecule has 1 aromatic heterocycles. The molecule has 7 heteroatoms. The maximum absolute atomic E-state index is 12.6. The van der Waals surface area contributed by atoms with Crippen LogP contribution in [0.2, 0.25) is 0 Å². The van der Waals surface area contributed by atoms with Gasteiger partial charge in [-0.25, -0.2) is 4.98 Å². The van der Waals surface area contributed by atoms with Gasteiger partial charge in [0.2, 0.25) is 5.91 Å². The van der Waals surface area contributed by atoms with Crippen LogP contribution in [0.15, 0.2) is 48.7 Å². The van der Waals surface area contributed by atoms with Crippen LogP contribution in [0.4, 0.5) is 5.82 Å². The Morgan fingerprint density at radius 2 is 1.60 bits per heavy atom. The summed E-state index contributed by atoms with van der Waals surface area (Å²) in [5.74, 6) is 1.11. The summed E-state index contributed by atoms with van der Waals surface area (Å²) in [6.07, 6.45) is 2.30. The third-order valence-electron chi connectivity index (χ3n) is 6.45. The summed E-state index contributed by atoms with van der Waals surface area (Å²) in [4.78, 5) is 21.4. The predicted molar refractivity (Wildman–Crippen MR) is 119 cm³/mol. The number of anilines is 1. The average molecular weight is 407 g/mol. The molecular weight excluding hydrogens is 377 g/mol. The quantitative estimate of drug-likeness (QED) is 0.728. The van der Waals surface area contributed by atoms with Gasteiger partial charge in [-0.1, -0.05) is 36.4 Å². The van der Waals surface area contributed by atoms with Gasteiger partial charge in [-0.05, 0) is 39.3 Å². The van der Waals surface area contributed by atoms with E-state index in [0.717, 1.165) is 29.9 Å². The fourth-order valence-electron chi connectivity index (χ4n) is 3.77. The van der Waals surface area contributed by atoms with Crippen molar-refractivity contribution < 1.29 is 14.1 Å². The Labute approximate surface area is 179 Å².